The third-order valence-electron chi connectivity index (χ3n) is 2.93. The van der Waals surface area contributed by atoms with Crippen LogP contribution in [0.1, 0.15) is 36.9 Å². The first-order valence-electron chi connectivity index (χ1n) is 5.96. The van der Waals surface area contributed by atoms with E-state index in [4.69, 9.17) is 0 Å². The highest BCUT2D eigenvalue weighted by atomic mass is 19.1. The van der Waals surface area contributed by atoms with Crippen LogP contribution in [0, 0.1) is 24.1 Å². The Bertz CT molecular complexity index is 409. The maximum atomic E-state index is 13.2. The topological polar surface area (TPSA) is 27.0 Å². The van der Waals surface area contributed by atoms with Crippen LogP contribution in [0.2, 0.25) is 0 Å². The van der Waals surface area contributed by atoms with E-state index in [1.807, 2.05) is 11.9 Å². The number of rotatable bonds is 5. The lowest BCUT2D eigenvalue weighted by Crippen LogP contribution is -2.24. The fourth-order valence-corrected chi connectivity index (χ4v) is 1.80. The average molecular weight is 234 g/mol. The molecule has 0 spiro atoms. The van der Waals surface area contributed by atoms with Crippen molar-refractivity contribution in [2.24, 2.45) is 0 Å². The van der Waals surface area contributed by atoms with Gasteiger partial charge >= 0.3 is 0 Å². The van der Waals surface area contributed by atoms with Crippen molar-refractivity contribution in [3.8, 4) is 6.07 Å². The summed E-state index contributed by atoms with van der Waals surface area (Å²) >= 11 is 0. The SMILES string of the molecule is CCCCN(C)C(C#N)c1ccc(F)c(C)c1. The lowest BCUT2D eigenvalue weighted by molar-refractivity contribution is 0.286. The molecule has 0 heterocycles. The summed E-state index contributed by atoms with van der Waals surface area (Å²) in [4.78, 5) is 2.01. The van der Waals surface area contributed by atoms with Gasteiger partial charge in [0.1, 0.15) is 11.9 Å². The molecule has 1 rings (SSSR count). The van der Waals surface area contributed by atoms with Gasteiger partial charge in [0, 0.05) is 0 Å². The van der Waals surface area contributed by atoms with E-state index in [-0.39, 0.29) is 11.9 Å². The molecule has 2 nitrogen and oxygen atoms in total. The quantitative estimate of drug-likeness (QED) is 0.780. The summed E-state index contributed by atoms with van der Waals surface area (Å²) in [6, 6.07) is 6.87. The Labute approximate surface area is 103 Å². The molecule has 1 atom stereocenters. The molecule has 92 valence electrons. The molecule has 0 saturated heterocycles. The van der Waals surface area contributed by atoms with E-state index in [1.54, 1.807) is 19.1 Å². The van der Waals surface area contributed by atoms with E-state index < -0.39 is 0 Å². The lowest BCUT2D eigenvalue weighted by Gasteiger charge is -2.22. The van der Waals surface area contributed by atoms with E-state index in [2.05, 4.69) is 13.0 Å². The fraction of sp³-hybridized carbons (Fsp3) is 0.500. The molecule has 3 heteroatoms. The number of halogens is 1. The number of hydrogen-bond donors (Lipinski definition) is 0. The zero-order valence-corrected chi connectivity index (χ0v) is 10.7. The molecule has 1 unspecified atom stereocenters. The van der Waals surface area contributed by atoms with Crippen LogP contribution < -0.4 is 0 Å². The molecule has 17 heavy (non-hydrogen) atoms. The van der Waals surface area contributed by atoms with E-state index >= 15 is 0 Å². The molecule has 0 radical (unpaired) electrons. The second kappa shape index (κ2) is 6.36. The molecule has 1 aromatic carbocycles. The first-order valence-corrected chi connectivity index (χ1v) is 5.96. The van der Waals surface area contributed by atoms with E-state index in [0.717, 1.165) is 24.9 Å². The first kappa shape index (κ1) is 13.7. The Hall–Kier alpha value is -1.40. The zero-order chi connectivity index (χ0) is 12.8. The molecule has 0 amide bonds. The maximum absolute atomic E-state index is 13.2. The summed E-state index contributed by atoms with van der Waals surface area (Å²) in [5.74, 6) is -0.221. The number of nitriles is 1. The van der Waals surface area contributed by atoms with Crippen LogP contribution in [0.15, 0.2) is 18.2 Å². The number of nitrogens with zero attached hydrogens (tertiary/aromatic N) is 2. The van der Waals surface area contributed by atoms with Crippen LogP contribution in [0.3, 0.4) is 0 Å². The van der Waals surface area contributed by atoms with Crippen molar-refractivity contribution in [1.29, 1.82) is 5.26 Å². The molecule has 0 N–H and O–H groups in total. The number of unbranched alkanes of at least 4 members (excludes halogenated alkanes) is 1. The third-order valence-corrected chi connectivity index (χ3v) is 2.93. The van der Waals surface area contributed by atoms with Crippen LogP contribution in [0.5, 0.6) is 0 Å². The highest BCUT2D eigenvalue weighted by Gasteiger charge is 2.16. The molecular formula is C14H19FN2. The Morgan fingerprint density at radius 1 is 1.47 bits per heavy atom. The molecular weight excluding hydrogens is 215 g/mol. The lowest BCUT2D eigenvalue weighted by atomic mass is 10.0. The molecule has 0 aliphatic rings. The van der Waals surface area contributed by atoms with Crippen LogP contribution in [-0.2, 0) is 0 Å². The van der Waals surface area contributed by atoms with Gasteiger partial charge in [-0.05, 0) is 44.1 Å². The van der Waals surface area contributed by atoms with Gasteiger partial charge in [0.15, 0.2) is 0 Å². The minimum Gasteiger partial charge on any atom is -0.287 e. The Kier molecular flexibility index (Phi) is 5.11. The van der Waals surface area contributed by atoms with Crippen molar-refractivity contribution in [2.75, 3.05) is 13.6 Å². The molecule has 0 aromatic heterocycles. The normalized spacial score (nSPS) is 12.5. The van der Waals surface area contributed by atoms with Gasteiger partial charge in [-0.2, -0.15) is 5.26 Å². The second-order valence-electron chi connectivity index (χ2n) is 4.37. The van der Waals surface area contributed by atoms with Gasteiger partial charge in [-0.1, -0.05) is 25.5 Å². The van der Waals surface area contributed by atoms with Gasteiger partial charge in [-0.15, -0.1) is 0 Å². The summed E-state index contributed by atoms with van der Waals surface area (Å²) < 4.78 is 13.2. The highest BCUT2D eigenvalue weighted by molar-refractivity contribution is 5.29. The van der Waals surface area contributed by atoms with Crippen molar-refractivity contribution in [3.05, 3.63) is 35.1 Å². The van der Waals surface area contributed by atoms with Crippen LogP contribution in [0.4, 0.5) is 4.39 Å². The van der Waals surface area contributed by atoms with Crippen molar-refractivity contribution in [1.82, 2.24) is 4.90 Å². The predicted octanol–water partition coefficient (Wildman–Crippen LogP) is 3.43. The molecule has 1 aromatic rings. The predicted molar refractivity (Wildman–Crippen MR) is 67.0 cm³/mol. The van der Waals surface area contributed by atoms with E-state index in [9.17, 15) is 9.65 Å². The molecule has 0 fully saturated rings. The minimum atomic E-state index is -0.291. The van der Waals surface area contributed by atoms with Crippen molar-refractivity contribution in [3.63, 3.8) is 0 Å². The van der Waals surface area contributed by atoms with E-state index in [1.165, 1.54) is 6.07 Å². The zero-order valence-electron chi connectivity index (χ0n) is 10.7. The number of aryl methyl sites for hydroxylation is 1. The standard InChI is InChI=1S/C14H19FN2/c1-4-5-8-17(3)14(10-16)12-6-7-13(15)11(2)9-12/h6-7,9,14H,4-5,8H2,1-3H3. The van der Waals surface area contributed by atoms with E-state index in [0.29, 0.717) is 5.56 Å². The van der Waals surface area contributed by atoms with Gasteiger partial charge in [0.2, 0.25) is 0 Å². The van der Waals surface area contributed by atoms with Gasteiger partial charge < -0.3 is 0 Å². The Morgan fingerprint density at radius 2 is 2.18 bits per heavy atom. The van der Waals surface area contributed by atoms with Gasteiger partial charge in [0.05, 0.1) is 6.07 Å². The summed E-state index contributed by atoms with van der Waals surface area (Å²) in [5.41, 5.74) is 1.46. The largest absolute Gasteiger partial charge is 0.287 e. The molecule has 0 saturated carbocycles. The molecule has 0 bridgehead atoms. The van der Waals surface area contributed by atoms with Crippen LogP contribution in [-0.4, -0.2) is 18.5 Å². The minimum absolute atomic E-state index is 0.221. The highest BCUT2D eigenvalue weighted by Crippen LogP contribution is 2.21. The monoisotopic (exact) mass is 234 g/mol. The average Bonchev–Trinajstić information content (AvgIpc) is 2.32. The van der Waals surface area contributed by atoms with Gasteiger partial charge in [0.25, 0.3) is 0 Å². The molecule has 0 aliphatic heterocycles. The van der Waals surface area contributed by atoms with Gasteiger partial charge in [-0.3, -0.25) is 4.90 Å². The Balaban J connectivity index is 2.86. The van der Waals surface area contributed by atoms with Crippen molar-refractivity contribution in [2.45, 2.75) is 32.7 Å². The molecule has 0 aliphatic carbocycles. The summed E-state index contributed by atoms with van der Waals surface area (Å²) in [5, 5.41) is 9.22. The number of hydrogen-bond acceptors (Lipinski definition) is 2. The fourth-order valence-electron chi connectivity index (χ4n) is 1.80. The van der Waals surface area contributed by atoms with Crippen molar-refractivity contribution >= 4 is 0 Å². The van der Waals surface area contributed by atoms with Crippen LogP contribution in [0.25, 0.3) is 0 Å². The smallest absolute Gasteiger partial charge is 0.126 e. The summed E-state index contributed by atoms with van der Waals surface area (Å²) in [7, 11) is 1.93. The second-order valence-corrected chi connectivity index (χ2v) is 4.37. The van der Waals surface area contributed by atoms with Gasteiger partial charge in [-0.25, -0.2) is 4.39 Å². The Morgan fingerprint density at radius 3 is 2.71 bits per heavy atom. The van der Waals surface area contributed by atoms with Crippen molar-refractivity contribution < 1.29 is 4.39 Å². The maximum Gasteiger partial charge on any atom is 0.126 e. The summed E-state index contributed by atoms with van der Waals surface area (Å²) in [6.07, 6.45) is 2.17. The number of benzene rings is 1. The third kappa shape index (κ3) is 3.54. The van der Waals surface area contributed by atoms with Crippen LogP contribution >= 0.6 is 0 Å². The first-order chi connectivity index (χ1) is 8.10. The summed E-state index contributed by atoms with van der Waals surface area (Å²) in [6.45, 7) is 4.72.